The SMILES string of the molecule is C[S@@](=O)Cc1ccccc1NC(=O)c1ccccn1. The number of carbonyl (C=O) groups excluding carboxylic acids is 1. The highest BCUT2D eigenvalue weighted by Crippen LogP contribution is 2.17. The van der Waals surface area contributed by atoms with Crippen LogP contribution in [-0.2, 0) is 16.6 Å². The minimum atomic E-state index is -0.953. The number of benzene rings is 1. The minimum Gasteiger partial charge on any atom is -0.320 e. The van der Waals surface area contributed by atoms with Gasteiger partial charge in [0.2, 0.25) is 0 Å². The maximum absolute atomic E-state index is 12.0. The molecular weight excluding hydrogens is 260 g/mol. The third-order valence-electron chi connectivity index (χ3n) is 2.52. The Balaban J connectivity index is 2.19. The Kier molecular flexibility index (Phi) is 4.41. The van der Waals surface area contributed by atoms with Crippen LogP contribution >= 0.6 is 0 Å². The molecule has 0 aliphatic rings. The summed E-state index contributed by atoms with van der Waals surface area (Å²) in [5, 5.41) is 2.80. The van der Waals surface area contributed by atoms with Gasteiger partial charge in [0.25, 0.3) is 5.91 Å². The molecule has 2 rings (SSSR count). The monoisotopic (exact) mass is 274 g/mol. The Bertz CT molecular complexity index is 599. The summed E-state index contributed by atoms with van der Waals surface area (Å²) in [4.78, 5) is 16.0. The van der Waals surface area contributed by atoms with E-state index in [0.717, 1.165) is 5.56 Å². The zero-order valence-electron chi connectivity index (χ0n) is 10.5. The molecule has 0 unspecified atom stereocenters. The summed E-state index contributed by atoms with van der Waals surface area (Å²) in [6.45, 7) is 0. The molecular formula is C14H14N2O2S. The number of anilines is 1. The molecule has 0 spiro atoms. The predicted molar refractivity (Wildman–Crippen MR) is 76.4 cm³/mol. The molecule has 1 aromatic carbocycles. The van der Waals surface area contributed by atoms with E-state index in [4.69, 9.17) is 0 Å². The summed E-state index contributed by atoms with van der Waals surface area (Å²) in [6.07, 6.45) is 3.21. The molecule has 0 fully saturated rings. The van der Waals surface area contributed by atoms with Crippen LogP contribution in [0.25, 0.3) is 0 Å². The molecule has 0 aliphatic carbocycles. The first kappa shape index (κ1) is 13.4. The zero-order chi connectivity index (χ0) is 13.7. The van der Waals surface area contributed by atoms with E-state index in [1.165, 1.54) is 0 Å². The lowest BCUT2D eigenvalue weighted by Crippen LogP contribution is -2.14. The summed E-state index contributed by atoms with van der Waals surface area (Å²) in [6, 6.07) is 12.5. The van der Waals surface area contributed by atoms with Crippen LogP contribution in [0.5, 0.6) is 0 Å². The van der Waals surface area contributed by atoms with Gasteiger partial charge in [-0.1, -0.05) is 24.3 Å². The second kappa shape index (κ2) is 6.24. The van der Waals surface area contributed by atoms with Crippen molar-refractivity contribution in [1.82, 2.24) is 4.98 Å². The third kappa shape index (κ3) is 3.72. The lowest BCUT2D eigenvalue weighted by Gasteiger charge is -2.09. The average Bonchev–Trinajstić information content (AvgIpc) is 2.41. The molecule has 0 radical (unpaired) electrons. The van der Waals surface area contributed by atoms with E-state index in [0.29, 0.717) is 17.1 Å². The van der Waals surface area contributed by atoms with Gasteiger partial charge in [-0.2, -0.15) is 0 Å². The van der Waals surface area contributed by atoms with Crippen LogP contribution in [0.15, 0.2) is 48.7 Å². The summed E-state index contributed by atoms with van der Waals surface area (Å²) in [5.41, 5.74) is 1.89. The van der Waals surface area contributed by atoms with Gasteiger partial charge in [0.1, 0.15) is 5.69 Å². The lowest BCUT2D eigenvalue weighted by molar-refractivity contribution is 0.102. The Morgan fingerprint density at radius 2 is 1.95 bits per heavy atom. The van der Waals surface area contributed by atoms with Crippen molar-refractivity contribution in [2.45, 2.75) is 5.75 Å². The van der Waals surface area contributed by atoms with E-state index in [9.17, 15) is 9.00 Å². The fourth-order valence-electron chi connectivity index (χ4n) is 1.67. The number of hydrogen-bond donors (Lipinski definition) is 1. The first-order chi connectivity index (χ1) is 9.16. The van der Waals surface area contributed by atoms with Crippen LogP contribution < -0.4 is 5.32 Å². The highest BCUT2D eigenvalue weighted by molar-refractivity contribution is 7.83. The van der Waals surface area contributed by atoms with Crippen LogP contribution in [-0.4, -0.2) is 21.4 Å². The standard InChI is InChI=1S/C14H14N2O2S/c1-19(18)10-11-6-2-3-7-12(11)16-14(17)13-8-4-5-9-15-13/h2-9H,10H2,1H3,(H,16,17)/t19-/m1/s1. The normalized spacial score (nSPS) is 11.8. The quantitative estimate of drug-likeness (QED) is 0.930. The van der Waals surface area contributed by atoms with E-state index in [-0.39, 0.29) is 5.91 Å². The summed E-state index contributed by atoms with van der Waals surface area (Å²) < 4.78 is 11.3. The number of nitrogens with zero attached hydrogens (tertiary/aromatic N) is 1. The van der Waals surface area contributed by atoms with E-state index in [1.54, 1.807) is 36.7 Å². The van der Waals surface area contributed by atoms with E-state index in [1.807, 2.05) is 18.2 Å². The van der Waals surface area contributed by atoms with Gasteiger partial charge in [-0.05, 0) is 23.8 Å². The molecule has 1 N–H and O–H groups in total. The van der Waals surface area contributed by atoms with Crippen LogP contribution in [0.2, 0.25) is 0 Å². The molecule has 4 nitrogen and oxygen atoms in total. The summed E-state index contributed by atoms with van der Waals surface area (Å²) in [7, 11) is -0.953. The molecule has 1 atom stereocenters. The number of hydrogen-bond acceptors (Lipinski definition) is 3. The molecule has 0 bridgehead atoms. The van der Waals surface area contributed by atoms with Crippen LogP contribution in [0, 0.1) is 0 Å². The van der Waals surface area contributed by atoms with Crippen LogP contribution in [0.1, 0.15) is 16.1 Å². The molecule has 0 saturated carbocycles. The van der Waals surface area contributed by atoms with Gasteiger partial charge < -0.3 is 5.32 Å². The van der Waals surface area contributed by atoms with Crippen LogP contribution in [0.3, 0.4) is 0 Å². The molecule has 0 aliphatic heterocycles. The van der Waals surface area contributed by atoms with Crippen molar-refractivity contribution < 1.29 is 9.00 Å². The van der Waals surface area contributed by atoms with Gasteiger partial charge in [0.15, 0.2) is 0 Å². The van der Waals surface area contributed by atoms with Gasteiger partial charge in [-0.15, -0.1) is 0 Å². The maximum Gasteiger partial charge on any atom is 0.274 e. The zero-order valence-corrected chi connectivity index (χ0v) is 11.3. The third-order valence-corrected chi connectivity index (χ3v) is 3.24. The Morgan fingerprint density at radius 1 is 1.21 bits per heavy atom. The molecule has 98 valence electrons. The van der Waals surface area contributed by atoms with Gasteiger partial charge >= 0.3 is 0 Å². The van der Waals surface area contributed by atoms with Gasteiger partial charge in [-0.25, -0.2) is 0 Å². The molecule has 0 saturated heterocycles. The summed E-state index contributed by atoms with van der Waals surface area (Å²) >= 11 is 0. The first-order valence-corrected chi connectivity index (χ1v) is 7.50. The van der Waals surface area contributed by atoms with Crippen molar-refractivity contribution in [3.05, 3.63) is 59.9 Å². The fraction of sp³-hybridized carbons (Fsp3) is 0.143. The topological polar surface area (TPSA) is 59.1 Å². The summed E-state index contributed by atoms with van der Waals surface area (Å²) in [5.74, 6) is 0.147. The number of amides is 1. The van der Waals surface area contributed by atoms with Gasteiger partial charge in [0, 0.05) is 28.9 Å². The van der Waals surface area contributed by atoms with Gasteiger partial charge in [0.05, 0.1) is 5.75 Å². The lowest BCUT2D eigenvalue weighted by atomic mass is 10.2. The number of aromatic nitrogens is 1. The molecule has 1 amide bonds. The highest BCUT2D eigenvalue weighted by Gasteiger charge is 2.10. The Morgan fingerprint density at radius 3 is 2.63 bits per heavy atom. The first-order valence-electron chi connectivity index (χ1n) is 5.77. The van der Waals surface area contributed by atoms with E-state index >= 15 is 0 Å². The smallest absolute Gasteiger partial charge is 0.274 e. The number of rotatable bonds is 4. The van der Waals surface area contributed by atoms with Gasteiger partial charge in [-0.3, -0.25) is 14.0 Å². The Labute approximate surface area is 114 Å². The number of carbonyl (C=O) groups is 1. The predicted octanol–water partition coefficient (Wildman–Crippen LogP) is 2.21. The maximum atomic E-state index is 12.0. The largest absolute Gasteiger partial charge is 0.320 e. The second-order valence-electron chi connectivity index (χ2n) is 4.04. The van der Waals surface area contributed by atoms with Crippen molar-refractivity contribution in [2.24, 2.45) is 0 Å². The van der Waals surface area contributed by atoms with Crippen molar-refractivity contribution in [3.63, 3.8) is 0 Å². The van der Waals surface area contributed by atoms with E-state index in [2.05, 4.69) is 10.3 Å². The molecule has 19 heavy (non-hydrogen) atoms. The minimum absolute atomic E-state index is 0.269. The van der Waals surface area contributed by atoms with Crippen molar-refractivity contribution in [2.75, 3.05) is 11.6 Å². The van der Waals surface area contributed by atoms with E-state index < -0.39 is 10.8 Å². The van der Waals surface area contributed by atoms with Crippen molar-refractivity contribution in [1.29, 1.82) is 0 Å². The second-order valence-corrected chi connectivity index (χ2v) is 5.48. The van der Waals surface area contributed by atoms with Crippen molar-refractivity contribution >= 4 is 22.4 Å². The average molecular weight is 274 g/mol. The fourth-order valence-corrected chi connectivity index (χ4v) is 2.36. The number of para-hydroxylation sites is 1. The van der Waals surface area contributed by atoms with Crippen molar-refractivity contribution in [3.8, 4) is 0 Å². The molecule has 1 heterocycles. The highest BCUT2D eigenvalue weighted by atomic mass is 32.2. The number of pyridine rings is 1. The van der Waals surface area contributed by atoms with Crippen LogP contribution in [0.4, 0.5) is 5.69 Å². The molecule has 1 aromatic heterocycles. The molecule has 2 aromatic rings. The number of nitrogens with one attached hydrogen (secondary N) is 1. The Hall–Kier alpha value is -2.01. The molecule has 5 heteroatoms.